The van der Waals surface area contributed by atoms with Crippen LogP contribution < -0.4 is 0 Å². The molecule has 0 saturated carbocycles. The zero-order valence-corrected chi connectivity index (χ0v) is 9.04. The highest BCUT2D eigenvalue weighted by Gasteiger charge is 2.37. The fraction of sp³-hybridized carbons (Fsp3) is 0.364. The first kappa shape index (κ1) is 11.1. The number of benzene rings is 1. The SMILES string of the molecule is CC[C@@](Cl)(C(=O)OC)c1ccccc1. The molecule has 1 rings (SSSR count). The number of methoxy groups -OCH3 is 1. The van der Waals surface area contributed by atoms with E-state index in [9.17, 15) is 4.79 Å². The molecular weight excluding hydrogens is 200 g/mol. The van der Waals surface area contributed by atoms with Crippen molar-refractivity contribution >= 4 is 17.6 Å². The van der Waals surface area contributed by atoms with Crippen LogP contribution in [-0.2, 0) is 14.4 Å². The molecular formula is C11H13ClO2. The van der Waals surface area contributed by atoms with Gasteiger partial charge in [0.25, 0.3) is 0 Å². The maximum Gasteiger partial charge on any atom is 0.331 e. The molecule has 0 aliphatic carbocycles. The molecule has 0 bridgehead atoms. The van der Waals surface area contributed by atoms with Crippen LogP contribution in [0.3, 0.4) is 0 Å². The molecule has 0 fully saturated rings. The van der Waals surface area contributed by atoms with Gasteiger partial charge in [0.05, 0.1) is 7.11 Å². The lowest BCUT2D eigenvalue weighted by Crippen LogP contribution is -2.30. The minimum atomic E-state index is -1.05. The predicted molar refractivity (Wildman–Crippen MR) is 56.3 cm³/mol. The van der Waals surface area contributed by atoms with Gasteiger partial charge in [-0.1, -0.05) is 37.3 Å². The van der Waals surface area contributed by atoms with Crippen LogP contribution in [0.25, 0.3) is 0 Å². The van der Waals surface area contributed by atoms with E-state index in [2.05, 4.69) is 4.74 Å². The first-order valence-electron chi connectivity index (χ1n) is 4.48. The Morgan fingerprint density at radius 2 is 2.00 bits per heavy atom. The summed E-state index contributed by atoms with van der Waals surface area (Å²) in [4.78, 5) is 10.5. The molecule has 0 aromatic heterocycles. The molecule has 0 N–H and O–H groups in total. The molecule has 1 aromatic rings. The fourth-order valence-corrected chi connectivity index (χ4v) is 1.53. The molecule has 0 saturated heterocycles. The van der Waals surface area contributed by atoms with Gasteiger partial charge < -0.3 is 4.74 Å². The number of rotatable bonds is 3. The topological polar surface area (TPSA) is 26.3 Å². The van der Waals surface area contributed by atoms with E-state index in [-0.39, 0.29) is 0 Å². The van der Waals surface area contributed by atoms with Crippen LogP contribution in [0, 0.1) is 0 Å². The Balaban J connectivity index is 3.08. The van der Waals surface area contributed by atoms with Crippen LogP contribution in [0.15, 0.2) is 30.3 Å². The van der Waals surface area contributed by atoms with Crippen LogP contribution in [0.1, 0.15) is 18.9 Å². The number of carbonyl (C=O) groups is 1. The maximum atomic E-state index is 11.5. The zero-order chi connectivity index (χ0) is 10.6. The maximum absolute atomic E-state index is 11.5. The monoisotopic (exact) mass is 212 g/mol. The summed E-state index contributed by atoms with van der Waals surface area (Å²) in [5.41, 5.74) is 0.774. The number of alkyl halides is 1. The zero-order valence-electron chi connectivity index (χ0n) is 8.29. The van der Waals surface area contributed by atoms with E-state index in [4.69, 9.17) is 11.6 Å². The standard InChI is InChI=1S/C11H13ClO2/c1-3-11(12,10(13)14-2)9-7-5-4-6-8-9/h4-8H,3H2,1-2H3/t11-/m0/s1. The summed E-state index contributed by atoms with van der Waals surface area (Å²) in [6.07, 6.45) is 0.505. The Morgan fingerprint density at radius 3 is 2.43 bits per heavy atom. The summed E-state index contributed by atoms with van der Waals surface area (Å²) in [5, 5.41) is 0. The number of esters is 1. The molecule has 0 unspecified atom stereocenters. The lowest BCUT2D eigenvalue weighted by molar-refractivity contribution is -0.144. The van der Waals surface area contributed by atoms with Crippen LogP contribution in [0.2, 0.25) is 0 Å². The Morgan fingerprint density at radius 1 is 1.43 bits per heavy atom. The van der Waals surface area contributed by atoms with Gasteiger partial charge in [0.15, 0.2) is 4.87 Å². The molecule has 0 heterocycles. The number of carbonyl (C=O) groups excluding carboxylic acids is 1. The fourth-order valence-electron chi connectivity index (χ4n) is 1.33. The molecule has 3 heteroatoms. The quantitative estimate of drug-likeness (QED) is 0.569. The summed E-state index contributed by atoms with van der Waals surface area (Å²) in [7, 11) is 1.35. The van der Waals surface area contributed by atoms with Crippen LogP contribution in [0.5, 0.6) is 0 Å². The molecule has 1 atom stereocenters. The van der Waals surface area contributed by atoms with Crippen LogP contribution >= 0.6 is 11.6 Å². The highest BCUT2D eigenvalue weighted by Crippen LogP contribution is 2.33. The Kier molecular flexibility index (Phi) is 3.53. The van der Waals surface area contributed by atoms with E-state index < -0.39 is 10.8 Å². The summed E-state index contributed by atoms with van der Waals surface area (Å²) >= 11 is 6.23. The Hall–Kier alpha value is -1.02. The first-order valence-corrected chi connectivity index (χ1v) is 4.85. The molecule has 0 spiro atoms. The minimum Gasteiger partial charge on any atom is -0.467 e. The highest BCUT2D eigenvalue weighted by atomic mass is 35.5. The van der Waals surface area contributed by atoms with Crippen molar-refractivity contribution in [3.05, 3.63) is 35.9 Å². The number of halogens is 1. The smallest absolute Gasteiger partial charge is 0.331 e. The van der Waals surface area contributed by atoms with E-state index in [0.717, 1.165) is 5.56 Å². The van der Waals surface area contributed by atoms with Gasteiger partial charge in [-0.2, -0.15) is 0 Å². The predicted octanol–water partition coefficient (Wildman–Crippen LogP) is 2.70. The molecule has 14 heavy (non-hydrogen) atoms. The second kappa shape index (κ2) is 4.47. The summed E-state index contributed by atoms with van der Waals surface area (Å²) in [6, 6.07) is 9.24. The van der Waals surface area contributed by atoms with Crippen molar-refractivity contribution in [3.8, 4) is 0 Å². The Bertz CT molecular complexity index is 310. The lowest BCUT2D eigenvalue weighted by Gasteiger charge is -2.22. The lowest BCUT2D eigenvalue weighted by atomic mass is 9.96. The van der Waals surface area contributed by atoms with Crippen molar-refractivity contribution in [2.75, 3.05) is 7.11 Å². The van der Waals surface area contributed by atoms with Crippen molar-refractivity contribution in [2.45, 2.75) is 18.2 Å². The van der Waals surface area contributed by atoms with Crippen molar-refractivity contribution in [1.29, 1.82) is 0 Å². The van der Waals surface area contributed by atoms with Gasteiger partial charge >= 0.3 is 5.97 Å². The Labute approximate surface area is 88.8 Å². The third-order valence-corrected chi connectivity index (χ3v) is 2.87. The molecule has 1 aromatic carbocycles. The normalized spacial score (nSPS) is 14.5. The average Bonchev–Trinajstić information content (AvgIpc) is 2.28. The van der Waals surface area contributed by atoms with Crippen molar-refractivity contribution in [1.82, 2.24) is 0 Å². The average molecular weight is 213 g/mol. The van der Waals surface area contributed by atoms with E-state index in [1.54, 1.807) is 0 Å². The van der Waals surface area contributed by atoms with Crippen molar-refractivity contribution in [2.24, 2.45) is 0 Å². The van der Waals surface area contributed by atoms with Gasteiger partial charge in [-0.25, -0.2) is 4.79 Å². The molecule has 0 radical (unpaired) electrons. The van der Waals surface area contributed by atoms with Gasteiger partial charge in [-0.3, -0.25) is 0 Å². The number of hydrogen-bond acceptors (Lipinski definition) is 2. The van der Waals surface area contributed by atoms with Gasteiger partial charge in [-0.05, 0) is 12.0 Å². The summed E-state index contributed by atoms with van der Waals surface area (Å²) < 4.78 is 4.69. The van der Waals surface area contributed by atoms with E-state index in [0.29, 0.717) is 6.42 Å². The largest absolute Gasteiger partial charge is 0.467 e. The second-order valence-corrected chi connectivity index (χ2v) is 3.66. The first-order chi connectivity index (χ1) is 6.65. The third-order valence-electron chi connectivity index (χ3n) is 2.23. The molecule has 76 valence electrons. The van der Waals surface area contributed by atoms with Crippen LogP contribution in [-0.4, -0.2) is 13.1 Å². The van der Waals surface area contributed by atoms with E-state index in [1.165, 1.54) is 7.11 Å². The van der Waals surface area contributed by atoms with E-state index >= 15 is 0 Å². The molecule has 0 amide bonds. The van der Waals surface area contributed by atoms with Crippen LogP contribution in [0.4, 0.5) is 0 Å². The van der Waals surface area contributed by atoms with E-state index in [1.807, 2.05) is 37.3 Å². The third kappa shape index (κ3) is 1.90. The highest BCUT2D eigenvalue weighted by molar-refractivity contribution is 6.33. The van der Waals surface area contributed by atoms with Gasteiger partial charge in [0.2, 0.25) is 0 Å². The minimum absolute atomic E-state index is 0.409. The summed E-state index contributed by atoms with van der Waals surface area (Å²) in [6.45, 7) is 1.86. The van der Waals surface area contributed by atoms with Crippen molar-refractivity contribution in [3.63, 3.8) is 0 Å². The van der Waals surface area contributed by atoms with Crippen molar-refractivity contribution < 1.29 is 9.53 Å². The summed E-state index contributed by atoms with van der Waals surface area (Å²) in [5.74, 6) is -0.409. The number of ether oxygens (including phenoxy) is 1. The van der Waals surface area contributed by atoms with Gasteiger partial charge in [-0.15, -0.1) is 11.6 Å². The second-order valence-electron chi connectivity index (χ2n) is 3.01. The van der Waals surface area contributed by atoms with Gasteiger partial charge in [0.1, 0.15) is 0 Å². The number of hydrogen-bond donors (Lipinski definition) is 0. The molecule has 0 aliphatic heterocycles. The molecule has 0 aliphatic rings. The molecule has 2 nitrogen and oxygen atoms in total. The van der Waals surface area contributed by atoms with Gasteiger partial charge in [0, 0.05) is 0 Å².